The first-order valence-electron chi connectivity index (χ1n) is 6.20. The highest BCUT2D eigenvalue weighted by Gasteiger charge is 2.31. The van der Waals surface area contributed by atoms with E-state index in [2.05, 4.69) is 4.74 Å². The number of aliphatic hydroxyl groups excluding tert-OH is 1. The molecule has 0 radical (unpaired) electrons. The largest absolute Gasteiger partial charge is 0.497 e. The van der Waals surface area contributed by atoms with Crippen LogP contribution in [0.1, 0.15) is 24.8 Å². The second kappa shape index (κ2) is 7.43. The molecule has 7 heteroatoms. The molecule has 1 unspecified atom stereocenters. The van der Waals surface area contributed by atoms with Crippen molar-refractivity contribution in [3.63, 3.8) is 0 Å². The van der Waals surface area contributed by atoms with Gasteiger partial charge in [0.05, 0.1) is 20.1 Å². The predicted molar refractivity (Wildman–Crippen MR) is 73.9 cm³/mol. The molecule has 0 amide bonds. The third kappa shape index (κ3) is 4.63. The van der Waals surface area contributed by atoms with Crippen molar-refractivity contribution in [2.24, 2.45) is 0 Å². The Hall–Kier alpha value is -1.36. The lowest BCUT2D eigenvalue weighted by Gasteiger charge is -2.18. The van der Waals surface area contributed by atoms with Gasteiger partial charge in [-0.1, -0.05) is 12.1 Å². The summed E-state index contributed by atoms with van der Waals surface area (Å²) in [4.78, 5) is 21.0. The summed E-state index contributed by atoms with van der Waals surface area (Å²) in [7, 11) is -2.39. The van der Waals surface area contributed by atoms with Crippen LogP contribution in [0.4, 0.5) is 0 Å². The highest BCUT2D eigenvalue weighted by molar-refractivity contribution is 7.58. The second-order valence-electron chi connectivity index (χ2n) is 4.18. The van der Waals surface area contributed by atoms with E-state index in [1.54, 1.807) is 19.1 Å². The number of carbonyl (C=O) groups is 1. The van der Waals surface area contributed by atoms with Gasteiger partial charge in [-0.25, -0.2) is 0 Å². The van der Waals surface area contributed by atoms with Crippen molar-refractivity contribution in [1.29, 1.82) is 0 Å². The van der Waals surface area contributed by atoms with Gasteiger partial charge in [0.2, 0.25) is 7.37 Å². The summed E-state index contributed by atoms with van der Waals surface area (Å²) in [6.07, 6.45) is -0.520. The zero-order chi connectivity index (χ0) is 15.2. The molecule has 20 heavy (non-hydrogen) atoms. The molecule has 6 nitrogen and oxygen atoms in total. The van der Waals surface area contributed by atoms with Crippen LogP contribution in [0.25, 0.3) is 0 Å². The summed E-state index contributed by atoms with van der Waals surface area (Å²) in [5.41, 5.74) is 0.306. The van der Waals surface area contributed by atoms with Crippen LogP contribution >= 0.6 is 7.37 Å². The maximum atomic E-state index is 12.0. The number of rotatable bonds is 7. The van der Waals surface area contributed by atoms with Crippen molar-refractivity contribution in [2.75, 3.05) is 19.9 Å². The van der Waals surface area contributed by atoms with E-state index >= 15 is 0 Å². The van der Waals surface area contributed by atoms with Gasteiger partial charge in [0.1, 0.15) is 5.75 Å². The summed E-state index contributed by atoms with van der Waals surface area (Å²) in [6.45, 7) is 1.87. The Morgan fingerprint density at radius 2 is 1.95 bits per heavy atom. The fraction of sp³-hybridized carbons (Fsp3) is 0.462. The van der Waals surface area contributed by atoms with Crippen LogP contribution in [0.15, 0.2) is 24.3 Å². The van der Waals surface area contributed by atoms with Gasteiger partial charge in [0.15, 0.2) is 5.85 Å². The van der Waals surface area contributed by atoms with Gasteiger partial charge in [-0.2, -0.15) is 0 Å². The lowest BCUT2D eigenvalue weighted by atomic mass is 10.2. The zero-order valence-corrected chi connectivity index (χ0v) is 12.4. The number of carbonyl (C=O) groups excluding carboxylic acids is 1. The molecule has 1 rings (SSSR count). The Morgan fingerprint density at radius 3 is 2.45 bits per heavy atom. The topological polar surface area (TPSA) is 93.1 Å². The van der Waals surface area contributed by atoms with Gasteiger partial charge < -0.3 is 19.5 Å². The Kier molecular flexibility index (Phi) is 6.20. The fourth-order valence-electron chi connectivity index (χ4n) is 1.62. The van der Waals surface area contributed by atoms with E-state index in [0.29, 0.717) is 11.3 Å². The minimum Gasteiger partial charge on any atom is -0.497 e. The van der Waals surface area contributed by atoms with Crippen molar-refractivity contribution in [3.8, 4) is 5.75 Å². The molecule has 0 spiro atoms. The van der Waals surface area contributed by atoms with Crippen molar-refractivity contribution in [3.05, 3.63) is 29.8 Å². The maximum Gasteiger partial charge on any atom is 0.306 e. The SMILES string of the molecule is CCOC(=O)CCP(=O)(O)[C@H](O)c1ccc(OC)cc1. The van der Waals surface area contributed by atoms with Gasteiger partial charge in [0, 0.05) is 6.16 Å². The van der Waals surface area contributed by atoms with Crippen molar-refractivity contribution in [2.45, 2.75) is 19.2 Å². The van der Waals surface area contributed by atoms with E-state index < -0.39 is 19.2 Å². The Labute approximate surface area is 117 Å². The maximum absolute atomic E-state index is 12.0. The van der Waals surface area contributed by atoms with Crippen LogP contribution < -0.4 is 4.74 Å². The normalized spacial score (nSPS) is 15.2. The molecule has 0 aliphatic rings. The van der Waals surface area contributed by atoms with Crippen LogP contribution in [0.5, 0.6) is 5.75 Å². The second-order valence-corrected chi connectivity index (χ2v) is 6.63. The van der Waals surface area contributed by atoms with Gasteiger partial charge in [0.25, 0.3) is 0 Å². The average Bonchev–Trinajstić information content (AvgIpc) is 2.45. The van der Waals surface area contributed by atoms with E-state index in [1.807, 2.05) is 0 Å². The van der Waals surface area contributed by atoms with Crippen LogP contribution in [-0.2, 0) is 14.1 Å². The number of aliphatic hydroxyl groups is 1. The molecule has 0 aliphatic carbocycles. The molecule has 0 saturated heterocycles. The molecule has 0 bridgehead atoms. The Bertz CT molecular complexity index is 484. The third-order valence-corrected chi connectivity index (χ3v) is 4.66. The van der Waals surface area contributed by atoms with Crippen LogP contribution in [0.3, 0.4) is 0 Å². The van der Waals surface area contributed by atoms with Gasteiger partial charge in [-0.3, -0.25) is 9.36 Å². The van der Waals surface area contributed by atoms with E-state index in [9.17, 15) is 19.4 Å². The molecule has 0 fully saturated rings. The Balaban J connectivity index is 2.69. The third-order valence-electron chi connectivity index (χ3n) is 2.74. The highest BCUT2D eigenvalue weighted by Crippen LogP contribution is 2.54. The summed E-state index contributed by atoms with van der Waals surface area (Å²) in [5, 5.41) is 9.95. The average molecular weight is 302 g/mol. The molecule has 1 aromatic carbocycles. The number of hydrogen-bond acceptors (Lipinski definition) is 5. The summed E-state index contributed by atoms with van der Waals surface area (Å²) in [5.74, 6) is -1.49. The van der Waals surface area contributed by atoms with Gasteiger partial charge in [-0.05, 0) is 24.6 Å². The number of ether oxygens (including phenoxy) is 2. The quantitative estimate of drug-likeness (QED) is 0.590. The van der Waals surface area contributed by atoms with E-state index in [4.69, 9.17) is 4.74 Å². The fourth-order valence-corrected chi connectivity index (χ4v) is 3.00. The predicted octanol–water partition coefficient (Wildman–Crippen LogP) is 1.91. The molecule has 112 valence electrons. The number of benzene rings is 1. The molecule has 0 aromatic heterocycles. The van der Waals surface area contributed by atoms with E-state index in [-0.39, 0.29) is 19.2 Å². The molecule has 0 aliphatic heterocycles. The van der Waals surface area contributed by atoms with Gasteiger partial charge >= 0.3 is 5.97 Å². The van der Waals surface area contributed by atoms with Crippen molar-refractivity contribution >= 4 is 13.3 Å². The lowest BCUT2D eigenvalue weighted by molar-refractivity contribution is -0.142. The molecule has 2 N–H and O–H groups in total. The van der Waals surface area contributed by atoms with Crippen LogP contribution in [0, 0.1) is 0 Å². The van der Waals surface area contributed by atoms with Gasteiger partial charge in [-0.15, -0.1) is 0 Å². The molecular weight excluding hydrogens is 283 g/mol. The molecular formula is C13H19O6P. The highest BCUT2D eigenvalue weighted by atomic mass is 31.2. The Morgan fingerprint density at radius 1 is 1.35 bits per heavy atom. The summed E-state index contributed by atoms with van der Waals surface area (Å²) in [6, 6.07) is 6.20. The number of hydrogen-bond donors (Lipinski definition) is 2. The standard InChI is InChI=1S/C13H19O6P/c1-3-19-12(14)8-9-20(16,17)13(15)10-4-6-11(18-2)7-5-10/h4-7,13,15H,3,8-9H2,1-2H3,(H,16,17)/t13-/m0/s1. The smallest absolute Gasteiger partial charge is 0.306 e. The van der Waals surface area contributed by atoms with Crippen molar-refractivity contribution in [1.82, 2.24) is 0 Å². The van der Waals surface area contributed by atoms with E-state index in [1.165, 1.54) is 19.2 Å². The first-order chi connectivity index (χ1) is 9.40. The monoisotopic (exact) mass is 302 g/mol. The first-order valence-corrected chi connectivity index (χ1v) is 8.11. The molecule has 1 aromatic rings. The summed E-state index contributed by atoms with van der Waals surface area (Å²) >= 11 is 0. The summed E-state index contributed by atoms with van der Waals surface area (Å²) < 4.78 is 21.7. The van der Waals surface area contributed by atoms with E-state index in [0.717, 1.165) is 0 Å². The van der Waals surface area contributed by atoms with Crippen LogP contribution in [0.2, 0.25) is 0 Å². The van der Waals surface area contributed by atoms with Crippen LogP contribution in [-0.4, -0.2) is 35.8 Å². The van der Waals surface area contributed by atoms with Crippen molar-refractivity contribution < 1.29 is 28.8 Å². The minimum absolute atomic E-state index is 0.200. The lowest BCUT2D eigenvalue weighted by Crippen LogP contribution is -2.09. The minimum atomic E-state index is -3.89. The molecule has 2 atom stereocenters. The molecule has 0 saturated carbocycles. The number of methoxy groups -OCH3 is 1. The number of esters is 1. The molecule has 0 heterocycles. The zero-order valence-electron chi connectivity index (χ0n) is 11.5. The first kappa shape index (κ1) is 16.7.